The summed E-state index contributed by atoms with van der Waals surface area (Å²) in [6.45, 7) is 1.91. The molecular formula is C25H17Cl2NO2. The summed E-state index contributed by atoms with van der Waals surface area (Å²) in [4.78, 5) is 28.9. The average molecular weight is 434 g/mol. The quantitative estimate of drug-likeness (QED) is 0.287. The summed E-state index contributed by atoms with van der Waals surface area (Å²) in [6, 6.07) is 20.0. The SMILES string of the molecule is Cc1cc(Cl)ccc1C=CC(=O)c1c(-c2ccccc2)c2cc(Cl)ccc2[nH]c1=O. The highest BCUT2D eigenvalue weighted by Gasteiger charge is 2.19. The number of halogens is 2. The predicted octanol–water partition coefficient (Wildman–Crippen LogP) is 6.71. The van der Waals surface area contributed by atoms with Crippen LogP contribution in [-0.2, 0) is 0 Å². The molecule has 1 N–H and O–H groups in total. The smallest absolute Gasteiger partial charge is 0.260 e. The van der Waals surface area contributed by atoms with Crippen LogP contribution in [0.15, 0.2) is 77.6 Å². The third kappa shape index (κ3) is 3.95. The number of aryl methyl sites for hydroxylation is 1. The second kappa shape index (κ2) is 8.31. The van der Waals surface area contributed by atoms with Gasteiger partial charge >= 0.3 is 0 Å². The Bertz CT molecular complexity index is 1360. The van der Waals surface area contributed by atoms with Crippen LogP contribution in [0.25, 0.3) is 28.1 Å². The van der Waals surface area contributed by atoms with E-state index in [4.69, 9.17) is 23.2 Å². The Kier molecular flexibility index (Phi) is 5.58. The first kappa shape index (κ1) is 20.1. The number of rotatable bonds is 4. The van der Waals surface area contributed by atoms with E-state index in [0.717, 1.165) is 16.7 Å². The number of carbonyl (C=O) groups is 1. The van der Waals surface area contributed by atoms with Crippen LogP contribution < -0.4 is 5.56 Å². The fraction of sp³-hybridized carbons (Fsp3) is 0.0400. The molecule has 0 aliphatic rings. The van der Waals surface area contributed by atoms with E-state index in [1.165, 1.54) is 6.08 Å². The second-order valence-electron chi connectivity index (χ2n) is 6.96. The van der Waals surface area contributed by atoms with E-state index in [9.17, 15) is 9.59 Å². The number of pyridine rings is 1. The standard InChI is InChI=1S/C25H17Cl2NO2/c1-15-13-18(26)9-7-16(15)8-12-22(29)24-23(17-5-3-2-4-6-17)20-14-19(27)10-11-21(20)28-25(24)30/h2-14H,1H3,(H,28,30). The van der Waals surface area contributed by atoms with Gasteiger partial charge in [0, 0.05) is 26.5 Å². The maximum Gasteiger partial charge on any atom is 0.260 e. The van der Waals surface area contributed by atoms with Crippen molar-refractivity contribution in [2.45, 2.75) is 6.92 Å². The first-order valence-electron chi connectivity index (χ1n) is 9.33. The van der Waals surface area contributed by atoms with Crippen molar-refractivity contribution in [3.63, 3.8) is 0 Å². The third-order valence-electron chi connectivity index (χ3n) is 4.93. The number of ketones is 1. The summed E-state index contributed by atoms with van der Waals surface area (Å²) in [5, 5.41) is 1.87. The fourth-order valence-electron chi connectivity index (χ4n) is 3.48. The summed E-state index contributed by atoms with van der Waals surface area (Å²) < 4.78 is 0. The number of benzene rings is 3. The Morgan fingerprint density at radius 3 is 2.37 bits per heavy atom. The molecule has 4 aromatic rings. The van der Waals surface area contributed by atoms with Gasteiger partial charge in [0.15, 0.2) is 5.78 Å². The molecule has 0 atom stereocenters. The molecule has 0 spiro atoms. The summed E-state index contributed by atoms with van der Waals surface area (Å²) in [6.07, 6.45) is 3.12. The molecule has 1 heterocycles. The van der Waals surface area contributed by atoms with Crippen molar-refractivity contribution >= 4 is 46.0 Å². The topological polar surface area (TPSA) is 49.9 Å². The lowest BCUT2D eigenvalue weighted by Crippen LogP contribution is -2.18. The van der Waals surface area contributed by atoms with Crippen molar-refractivity contribution in [1.82, 2.24) is 4.98 Å². The maximum atomic E-state index is 13.2. The maximum absolute atomic E-state index is 13.2. The van der Waals surface area contributed by atoms with Gasteiger partial charge in [-0.25, -0.2) is 0 Å². The van der Waals surface area contributed by atoms with Crippen molar-refractivity contribution in [3.8, 4) is 11.1 Å². The number of aromatic amines is 1. The zero-order valence-electron chi connectivity index (χ0n) is 16.1. The van der Waals surface area contributed by atoms with Gasteiger partial charge in [0.05, 0.1) is 5.56 Å². The van der Waals surface area contributed by atoms with Crippen LogP contribution in [0.2, 0.25) is 10.0 Å². The van der Waals surface area contributed by atoms with Crippen LogP contribution >= 0.6 is 23.2 Å². The minimum Gasteiger partial charge on any atom is -0.321 e. The Morgan fingerprint density at radius 2 is 1.63 bits per heavy atom. The lowest BCUT2D eigenvalue weighted by atomic mass is 9.93. The molecule has 3 aromatic carbocycles. The van der Waals surface area contributed by atoms with Gasteiger partial charge in [0.2, 0.25) is 0 Å². The Hall–Kier alpha value is -3.14. The molecule has 0 saturated heterocycles. The minimum absolute atomic E-state index is 0.0823. The van der Waals surface area contributed by atoms with E-state index in [0.29, 0.717) is 26.5 Å². The molecule has 0 radical (unpaired) electrons. The minimum atomic E-state index is -0.439. The fourth-order valence-corrected chi connectivity index (χ4v) is 3.88. The Balaban J connectivity index is 1.91. The van der Waals surface area contributed by atoms with Crippen LogP contribution in [0.4, 0.5) is 0 Å². The number of carbonyl (C=O) groups excluding carboxylic acids is 1. The van der Waals surface area contributed by atoms with E-state index >= 15 is 0 Å². The van der Waals surface area contributed by atoms with Crippen molar-refractivity contribution in [2.75, 3.05) is 0 Å². The van der Waals surface area contributed by atoms with E-state index in [1.807, 2.05) is 49.4 Å². The van der Waals surface area contributed by atoms with Gasteiger partial charge in [-0.1, -0.05) is 65.7 Å². The first-order valence-corrected chi connectivity index (χ1v) is 10.1. The molecular weight excluding hydrogens is 417 g/mol. The number of nitrogens with one attached hydrogen (secondary N) is 1. The molecule has 0 saturated carbocycles. The molecule has 3 nitrogen and oxygen atoms in total. The molecule has 0 amide bonds. The number of H-pyrrole nitrogens is 1. The predicted molar refractivity (Wildman–Crippen MR) is 125 cm³/mol. The molecule has 4 rings (SSSR count). The van der Waals surface area contributed by atoms with Gasteiger partial charge in [0.1, 0.15) is 0 Å². The molecule has 148 valence electrons. The second-order valence-corrected chi connectivity index (χ2v) is 7.83. The lowest BCUT2D eigenvalue weighted by Gasteiger charge is -2.12. The highest BCUT2D eigenvalue weighted by Crippen LogP contribution is 2.31. The van der Waals surface area contributed by atoms with Crippen molar-refractivity contribution in [3.05, 3.63) is 110 Å². The number of hydrogen-bond acceptors (Lipinski definition) is 2. The summed E-state index contributed by atoms with van der Waals surface area (Å²) >= 11 is 12.2. The van der Waals surface area contributed by atoms with Crippen molar-refractivity contribution in [1.29, 1.82) is 0 Å². The van der Waals surface area contributed by atoms with E-state index in [1.54, 1.807) is 30.3 Å². The highest BCUT2D eigenvalue weighted by molar-refractivity contribution is 6.31. The van der Waals surface area contributed by atoms with Crippen molar-refractivity contribution < 1.29 is 4.79 Å². The number of aromatic nitrogens is 1. The summed E-state index contributed by atoms with van der Waals surface area (Å²) in [7, 11) is 0. The third-order valence-corrected chi connectivity index (χ3v) is 5.40. The molecule has 0 unspecified atom stereocenters. The van der Waals surface area contributed by atoms with Crippen molar-refractivity contribution in [2.24, 2.45) is 0 Å². The van der Waals surface area contributed by atoms with Gasteiger partial charge in [0.25, 0.3) is 5.56 Å². The molecule has 30 heavy (non-hydrogen) atoms. The molecule has 0 aliphatic carbocycles. The Labute approximate surface area is 183 Å². The monoisotopic (exact) mass is 433 g/mol. The van der Waals surface area contributed by atoms with Crippen LogP contribution in [0, 0.1) is 6.92 Å². The molecule has 0 aliphatic heterocycles. The molecule has 0 bridgehead atoms. The molecule has 5 heteroatoms. The van der Waals surface area contributed by atoms with Gasteiger partial charge in [-0.15, -0.1) is 0 Å². The largest absolute Gasteiger partial charge is 0.321 e. The van der Waals surface area contributed by atoms with E-state index in [2.05, 4.69) is 4.98 Å². The highest BCUT2D eigenvalue weighted by atomic mass is 35.5. The Morgan fingerprint density at radius 1 is 0.933 bits per heavy atom. The van der Waals surface area contributed by atoms with Crippen LogP contribution in [0.1, 0.15) is 21.5 Å². The van der Waals surface area contributed by atoms with Gasteiger partial charge < -0.3 is 4.98 Å². The van der Waals surface area contributed by atoms with Gasteiger partial charge in [-0.2, -0.15) is 0 Å². The van der Waals surface area contributed by atoms with Crippen LogP contribution in [0.5, 0.6) is 0 Å². The van der Waals surface area contributed by atoms with E-state index < -0.39 is 5.56 Å². The van der Waals surface area contributed by atoms with E-state index in [-0.39, 0.29) is 11.3 Å². The first-order chi connectivity index (χ1) is 14.4. The normalized spacial score (nSPS) is 11.3. The average Bonchev–Trinajstić information content (AvgIpc) is 2.73. The number of hydrogen-bond donors (Lipinski definition) is 1. The van der Waals surface area contributed by atoms with Gasteiger partial charge in [-0.05, 0) is 60.0 Å². The summed E-state index contributed by atoms with van der Waals surface area (Å²) in [5.74, 6) is -0.383. The lowest BCUT2D eigenvalue weighted by molar-refractivity contribution is 0.104. The molecule has 1 aromatic heterocycles. The number of fused-ring (bicyclic) bond motifs is 1. The zero-order chi connectivity index (χ0) is 21.3. The summed E-state index contributed by atoms with van der Waals surface area (Å²) in [5.41, 5.74) is 3.40. The zero-order valence-corrected chi connectivity index (χ0v) is 17.6. The molecule has 0 fully saturated rings. The van der Waals surface area contributed by atoms with Gasteiger partial charge in [-0.3, -0.25) is 9.59 Å². The van der Waals surface area contributed by atoms with Crippen LogP contribution in [0.3, 0.4) is 0 Å². The van der Waals surface area contributed by atoms with Crippen LogP contribution in [-0.4, -0.2) is 10.8 Å². The number of allylic oxidation sites excluding steroid dienone is 1.